The van der Waals surface area contributed by atoms with Crippen molar-refractivity contribution in [3.63, 3.8) is 0 Å². The Balaban J connectivity index is 2.18. The molecule has 90 valence electrons. The van der Waals surface area contributed by atoms with Crippen LogP contribution in [-0.4, -0.2) is 16.9 Å². The summed E-state index contributed by atoms with van der Waals surface area (Å²) in [6.45, 7) is 0. The van der Waals surface area contributed by atoms with Crippen LogP contribution >= 0.6 is 22.6 Å². The Morgan fingerprint density at radius 3 is 2.50 bits per heavy atom. The summed E-state index contributed by atoms with van der Waals surface area (Å²) in [5.74, 6) is 0.852. The van der Waals surface area contributed by atoms with E-state index in [9.17, 15) is 0 Å². The SMILES string of the molecule is COc1ccc(-n2nc(I)c3ccccc32)cc1. The summed E-state index contributed by atoms with van der Waals surface area (Å²) in [5.41, 5.74) is 2.15. The molecule has 0 atom stereocenters. The van der Waals surface area contributed by atoms with Crippen LogP contribution in [0, 0.1) is 3.70 Å². The monoisotopic (exact) mass is 350 g/mol. The maximum absolute atomic E-state index is 5.17. The van der Waals surface area contributed by atoms with Crippen molar-refractivity contribution in [2.24, 2.45) is 0 Å². The van der Waals surface area contributed by atoms with E-state index in [1.165, 1.54) is 5.39 Å². The molecule has 2 aromatic carbocycles. The first kappa shape index (κ1) is 11.5. The van der Waals surface area contributed by atoms with Crippen LogP contribution < -0.4 is 4.74 Å². The normalized spacial score (nSPS) is 10.8. The Kier molecular flexibility index (Phi) is 2.95. The van der Waals surface area contributed by atoms with Gasteiger partial charge in [-0.25, -0.2) is 4.68 Å². The van der Waals surface area contributed by atoms with E-state index in [4.69, 9.17) is 4.74 Å². The molecular formula is C14H11IN2O. The molecule has 0 aliphatic heterocycles. The van der Waals surface area contributed by atoms with Crippen LogP contribution in [0.4, 0.5) is 0 Å². The number of rotatable bonds is 2. The maximum atomic E-state index is 5.17. The van der Waals surface area contributed by atoms with Gasteiger partial charge in [0.15, 0.2) is 0 Å². The fourth-order valence-electron chi connectivity index (χ4n) is 1.95. The van der Waals surface area contributed by atoms with E-state index in [0.29, 0.717) is 0 Å². The molecule has 0 aliphatic carbocycles. The number of nitrogens with zero attached hydrogens (tertiary/aromatic N) is 2. The van der Waals surface area contributed by atoms with Crippen LogP contribution in [0.3, 0.4) is 0 Å². The molecule has 0 bridgehead atoms. The standard InChI is InChI=1S/C14H11IN2O/c1-18-11-8-6-10(7-9-11)17-13-5-3-2-4-12(13)14(15)16-17/h2-9H,1H3. The molecule has 0 saturated carbocycles. The second kappa shape index (κ2) is 4.61. The zero-order valence-corrected chi connectivity index (χ0v) is 12.0. The molecule has 0 amide bonds. The van der Waals surface area contributed by atoms with Gasteiger partial charge in [-0.05, 0) is 52.9 Å². The summed E-state index contributed by atoms with van der Waals surface area (Å²) in [4.78, 5) is 0. The third-order valence-electron chi connectivity index (χ3n) is 2.86. The van der Waals surface area contributed by atoms with Crippen LogP contribution in [-0.2, 0) is 0 Å². The predicted octanol–water partition coefficient (Wildman–Crippen LogP) is 3.64. The van der Waals surface area contributed by atoms with Crippen LogP contribution in [0.15, 0.2) is 48.5 Å². The van der Waals surface area contributed by atoms with E-state index in [2.05, 4.69) is 39.8 Å². The third-order valence-corrected chi connectivity index (χ3v) is 3.66. The summed E-state index contributed by atoms with van der Waals surface area (Å²) < 4.78 is 8.13. The van der Waals surface area contributed by atoms with Gasteiger partial charge in [0.25, 0.3) is 0 Å². The van der Waals surface area contributed by atoms with E-state index >= 15 is 0 Å². The Bertz CT molecular complexity index is 689. The van der Waals surface area contributed by atoms with Crippen molar-refractivity contribution in [3.05, 3.63) is 52.2 Å². The zero-order valence-electron chi connectivity index (χ0n) is 9.80. The quantitative estimate of drug-likeness (QED) is 0.660. The Morgan fingerprint density at radius 2 is 1.78 bits per heavy atom. The number of hydrogen-bond acceptors (Lipinski definition) is 2. The van der Waals surface area contributed by atoms with E-state index < -0.39 is 0 Å². The maximum Gasteiger partial charge on any atom is 0.131 e. The molecule has 0 aliphatic rings. The van der Waals surface area contributed by atoms with Gasteiger partial charge in [-0.3, -0.25) is 0 Å². The largest absolute Gasteiger partial charge is 0.497 e. The predicted molar refractivity (Wildman–Crippen MR) is 80.3 cm³/mol. The number of aromatic nitrogens is 2. The molecule has 1 heterocycles. The van der Waals surface area contributed by atoms with Gasteiger partial charge in [0, 0.05) is 5.39 Å². The summed E-state index contributed by atoms with van der Waals surface area (Å²) in [7, 11) is 1.67. The lowest BCUT2D eigenvalue weighted by atomic mass is 10.2. The molecule has 3 nitrogen and oxygen atoms in total. The number of halogens is 1. The van der Waals surface area contributed by atoms with Crippen LogP contribution in [0.5, 0.6) is 5.75 Å². The Hall–Kier alpha value is -1.56. The minimum atomic E-state index is 0.852. The number of ether oxygens (including phenoxy) is 1. The van der Waals surface area contributed by atoms with Gasteiger partial charge < -0.3 is 4.74 Å². The van der Waals surface area contributed by atoms with Crippen LogP contribution in [0.25, 0.3) is 16.6 Å². The van der Waals surface area contributed by atoms with Crippen molar-refractivity contribution < 1.29 is 4.74 Å². The highest BCUT2D eigenvalue weighted by molar-refractivity contribution is 14.1. The molecule has 0 saturated heterocycles. The first-order valence-corrected chi connectivity index (χ1v) is 6.65. The molecule has 0 unspecified atom stereocenters. The highest BCUT2D eigenvalue weighted by atomic mass is 127. The van der Waals surface area contributed by atoms with Gasteiger partial charge in [0.1, 0.15) is 9.45 Å². The smallest absolute Gasteiger partial charge is 0.131 e. The summed E-state index contributed by atoms with van der Waals surface area (Å²) >= 11 is 2.26. The van der Waals surface area contributed by atoms with Gasteiger partial charge in [-0.1, -0.05) is 18.2 Å². The molecule has 0 radical (unpaired) electrons. The molecule has 4 heteroatoms. The topological polar surface area (TPSA) is 27.1 Å². The minimum absolute atomic E-state index is 0.852. The van der Waals surface area contributed by atoms with Crippen LogP contribution in [0.1, 0.15) is 0 Å². The van der Waals surface area contributed by atoms with Crippen molar-refractivity contribution >= 4 is 33.5 Å². The second-order valence-electron chi connectivity index (χ2n) is 3.92. The van der Waals surface area contributed by atoms with Gasteiger partial charge in [0.05, 0.1) is 18.3 Å². The molecule has 3 rings (SSSR count). The molecule has 3 aromatic rings. The molecule has 18 heavy (non-hydrogen) atoms. The Morgan fingerprint density at radius 1 is 1.06 bits per heavy atom. The van der Waals surface area contributed by atoms with E-state index in [1.807, 2.05) is 41.1 Å². The van der Waals surface area contributed by atoms with Gasteiger partial charge in [0.2, 0.25) is 0 Å². The lowest BCUT2D eigenvalue weighted by Gasteiger charge is -2.04. The second-order valence-corrected chi connectivity index (χ2v) is 4.94. The summed E-state index contributed by atoms with van der Waals surface area (Å²) in [6, 6.07) is 16.1. The number of para-hydroxylation sites is 1. The Labute approximate surface area is 119 Å². The molecular weight excluding hydrogens is 339 g/mol. The molecule has 0 fully saturated rings. The number of hydrogen-bond donors (Lipinski definition) is 0. The average Bonchev–Trinajstić information content (AvgIpc) is 2.77. The van der Waals surface area contributed by atoms with Crippen molar-refractivity contribution in [2.75, 3.05) is 7.11 Å². The number of methoxy groups -OCH3 is 1. The van der Waals surface area contributed by atoms with Crippen molar-refractivity contribution in [1.29, 1.82) is 0 Å². The fourth-order valence-corrected chi connectivity index (χ4v) is 2.62. The lowest BCUT2D eigenvalue weighted by Crippen LogP contribution is -1.96. The fraction of sp³-hybridized carbons (Fsp3) is 0.0714. The van der Waals surface area contributed by atoms with E-state index in [1.54, 1.807) is 7.11 Å². The first-order chi connectivity index (χ1) is 8.79. The average molecular weight is 350 g/mol. The third kappa shape index (κ3) is 1.86. The van der Waals surface area contributed by atoms with Gasteiger partial charge in [-0.2, -0.15) is 5.10 Å². The molecule has 0 N–H and O–H groups in total. The van der Waals surface area contributed by atoms with E-state index in [-0.39, 0.29) is 0 Å². The minimum Gasteiger partial charge on any atom is -0.497 e. The van der Waals surface area contributed by atoms with E-state index in [0.717, 1.165) is 20.7 Å². The summed E-state index contributed by atoms with van der Waals surface area (Å²) in [6.07, 6.45) is 0. The van der Waals surface area contributed by atoms with Crippen LogP contribution in [0.2, 0.25) is 0 Å². The number of fused-ring (bicyclic) bond motifs is 1. The zero-order chi connectivity index (χ0) is 12.5. The molecule has 1 aromatic heterocycles. The van der Waals surface area contributed by atoms with Crippen molar-refractivity contribution in [3.8, 4) is 11.4 Å². The van der Waals surface area contributed by atoms with Crippen molar-refractivity contribution in [1.82, 2.24) is 9.78 Å². The lowest BCUT2D eigenvalue weighted by molar-refractivity contribution is 0.414. The highest BCUT2D eigenvalue weighted by Gasteiger charge is 2.08. The highest BCUT2D eigenvalue weighted by Crippen LogP contribution is 2.24. The first-order valence-electron chi connectivity index (χ1n) is 5.57. The number of benzene rings is 2. The van der Waals surface area contributed by atoms with Crippen molar-refractivity contribution in [2.45, 2.75) is 0 Å². The summed E-state index contributed by atoms with van der Waals surface area (Å²) in [5, 5.41) is 5.75. The van der Waals surface area contributed by atoms with Gasteiger partial charge >= 0.3 is 0 Å². The van der Waals surface area contributed by atoms with Gasteiger partial charge in [-0.15, -0.1) is 0 Å². The molecule has 0 spiro atoms.